The summed E-state index contributed by atoms with van der Waals surface area (Å²) in [6.45, 7) is 9.85. The number of nitrogens with zero attached hydrogens (tertiary/aromatic N) is 1. The fourth-order valence-corrected chi connectivity index (χ4v) is 5.86. The van der Waals surface area contributed by atoms with Crippen LogP contribution in [-0.2, 0) is 30.2 Å². The number of nitrogens with one attached hydrogen (secondary N) is 1. The summed E-state index contributed by atoms with van der Waals surface area (Å²) in [6.07, 6.45) is 2.80. The molecule has 2 fully saturated rings. The van der Waals surface area contributed by atoms with E-state index in [0.717, 1.165) is 11.3 Å². The van der Waals surface area contributed by atoms with E-state index >= 15 is 0 Å². The minimum Gasteiger partial charge on any atom is -0.497 e. The number of carbonyl (C=O) groups excluding carboxylic acids is 3. The number of carbonyl (C=O) groups is 3. The second-order valence-electron chi connectivity index (χ2n) is 11.7. The number of hydrogen-bond donors (Lipinski definition) is 1. The van der Waals surface area contributed by atoms with Gasteiger partial charge in [-0.2, -0.15) is 0 Å². The molecule has 1 atom stereocenters. The van der Waals surface area contributed by atoms with Crippen LogP contribution in [0.1, 0.15) is 52.0 Å². The van der Waals surface area contributed by atoms with Crippen molar-refractivity contribution in [3.8, 4) is 11.5 Å². The zero-order valence-corrected chi connectivity index (χ0v) is 25.4. The Kier molecular flexibility index (Phi) is 10.1. The highest BCUT2D eigenvalue weighted by Crippen LogP contribution is 2.44. The Morgan fingerprint density at radius 3 is 2.19 bits per heavy atom. The van der Waals surface area contributed by atoms with Gasteiger partial charge in [0.15, 0.2) is 5.79 Å². The van der Waals surface area contributed by atoms with Crippen LogP contribution in [0.2, 0.25) is 0 Å². The number of ether oxygens (including phenoxy) is 5. The van der Waals surface area contributed by atoms with E-state index in [1.807, 2.05) is 30.3 Å². The van der Waals surface area contributed by atoms with Gasteiger partial charge < -0.3 is 33.9 Å². The first-order valence-corrected chi connectivity index (χ1v) is 14.6. The van der Waals surface area contributed by atoms with E-state index in [2.05, 4.69) is 11.9 Å². The number of methoxy groups -OCH3 is 1. The van der Waals surface area contributed by atoms with Crippen molar-refractivity contribution in [1.29, 1.82) is 0 Å². The molecule has 2 amide bonds. The zero-order valence-electron chi connectivity index (χ0n) is 25.4. The fourth-order valence-electron chi connectivity index (χ4n) is 5.86. The van der Waals surface area contributed by atoms with E-state index in [0.29, 0.717) is 51.1 Å². The lowest BCUT2D eigenvalue weighted by atomic mass is 9.75. The molecule has 1 N–H and O–H groups in total. The molecule has 1 spiro atoms. The Hall–Kier alpha value is -3.89. The molecule has 0 radical (unpaired) electrons. The molecule has 0 bridgehead atoms. The minimum absolute atomic E-state index is 0.145. The molecule has 10 heteroatoms. The monoisotopic (exact) mass is 594 g/mol. The minimum atomic E-state index is -1.22. The average molecular weight is 595 g/mol. The summed E-state index contributed by atoms with van der Waals surface area (Å²) in [6, 6.07) is 15.7. The molecule has 1 saturated carbocycles. The summed E-state index contributed by atoms with van der Waals surface area (Å²) in [5.41, 5.74) is -1.23. The van der Waals surface area contributed by atoms with Crippen molar-refractivity contribution in [3.63, 3.8) is 0 Å². The van der Waals surface area contributed by atoms with Crippen molar-refractivity contribution in [2.75, 3.05) is 26.9 Å². The maximum Gasteiger partial charge on any atom is 0.513 e. The van der Waals surface area contributed by atoms with E-state index in [9.17, 15) is 14.4 Å². The number of hydrogen-bond acceptors (Lipinski definition) is 8. The molecule has 1 aliphatic carbocycles. The highest BCUT2D eigenvalue weighted by molar-refractivity contribution is 5.92. The van der Waals surface area contributed by atoms with Crippen LogP contribution in [0.5, 0.6) is 11.5 Å². The molecule has 2 aliphatic rings. The van der Waals surface area contributed by atoms with E-state index in [1.165, 1.54) is 6.92 Å². The molecule has 1 saturated heterocycles. The fraction of sp³-hybridized carbons (Fsp3) is 0.485. The van der Waals surface area contributed by atoms with Crippen LogP contribution in [-0.4, -0.2) is 72.7 Å². The predicted molar refractivity (Wildman–Crippen MR) is 160 cm³/mol. The normalized spacial score (nSPS) is 17.9. The van der Waals surface area contributed by atoms with Gasteiger partial charge in [-0.3, -0.25) is 9.59 Å². The summed E-state index contributed by atoms with van der Waals surface area (Å²) in [5.74, 6) is -0.277. The topological polar surface area (TPSA) is 113 Å². The van der Waals surface area contributed by atoms with Gasteiger partial charge in [0.25, 0.3) is 0 Å². The standard InChI is InChI=1S/C33H42N2O8/c1-6-26(22-25-12-14-27(39-5)15-13-25)35(24(2)36)32(16-18-33(19-17-32)41-20-21-42-33)29(37)34-31(3,4)23-40-30(38)43-28-10-8-7-9-11-28/h6-15,26H,1,16-23H2,2-5H3,(H,34,37)/t26-/m1/s1. The molecule has 1 heterocycles. The van der Waals surface area contributed by atoms with Crippen LogP contribution in [0.4, 0.5) is 4.79 Å². The summed E-state index contributed by atoms with van der Waals surface area (Å²) in [4.78, 5) is 41.8. The third-order valence-electron chi connectivity index (χ3n) is 8.03. The lowest BCUT2D eigenvalue weighted by Crippen LogP contribution is -2.68. The van der Waals surface area contributed by atoms with Crippen LogP contribution >= 0.6 is 0 Å². The summed E-state index contributed by atoms with van der Waals surface area (Å²) in [5, 5.41) is 3.06. The van der Waals surface area contributed by atoms with Crippen LogP contribution in [0.25, 0.3) is 0 Å². The van der Waals surface area contributed by atoms with E-state index in [4.69, 9.17) is 23.7 Å². The quantitative estimate of drug-likeness (QED) is 0.224. The Balaban J connectivity index is 1.55. The highest BCUT2D eigenvalue weighted by Gasteiger charge is 2.55. The number of para-hydroxylation sites is 1. The van der Waals surface area contributed by atoms with E-state index < -0.39 is 29.1 Å². The van der Waals surface area contributed by atoms with Crippen LogP contribution in [0.3, 0.4) is 0 Å². The van der Waals surface area contributed by atoms with Crippen molar-refractivity contribution >= 4 is 18.0 Å². The Morgan fingerprint density at radius 1 is 1.00 bits per heavy atom. The lowest BCUT2D eigenvalue weighted by molar-refractivity contribution is -0.199. The molecule has 1 aliphatic heterocycles. The maximum absolute atomic E-state index is 14.4. The molecule has 2 aromatic carbocycles. The average Bonchev–Trinajstić information content (AvgIpc) is 3.45. The molecule has 2 aromatic rings. The molecule has 0 unspecified atom stereocenters. The van der Waals surface area contributed by atoms with Gasteiger partial charge in [0.2, 0.25) is 11.8 Å². The smallest absolute Gasteiger partial charge is 0.497 e. The predicted octanol–water partition coefficient (Wildman–Crippen LogP) is 4.81. The Bertz CT molecular complexity index is 1260. The number of benzene rings is 2. The largest absolute Gasteiger partial charge is 0.513 e. The van der Waals surface area contributed by atoms with Gasteiger partial charge >= 0.3 is 6.16 Å². The summed E-state index contributed by atoms with van der Waals surface area (Å²) >= 11 is 0. The third-order valence-corrected chi connectivity index (χ3v) is 8.03. The van der Waals surface area contributed by atoms with Crippen molar-refractivity contribution in [2.45, 2.75) is 75.8 Å². The van der Waals surface area contributed by atoms with Gasteiger partial charge in [-0.25, -0.2) is 4.79 Å². The molecule has 0 aromatic heterocycles. The van der Waals surface area contributed by atoms with Crippen molar-refractivity contribution in [3.05, 3.63) is 72.8 Å². The first-order chi connectivity index (χ1) is 20.5. The van der Waals surface area contributed by atoms with E-state index in [1.54, 1.807) is 56.2 Å². The van der Waals surface area contributed by atoms with Gasteiger partial charge in [-0.05, 0) is 62.9 Å². The zero-order chi connectivity index (χ0) is 31.1. The molecule has 232 valence electrons. The number of rotatable bonds is 11. The summed E-state index contributed by atoms with van der Waals surface area (Å²) < 4.78 is 27.8. The van der Waals surface area contributed by atoms with Gasteiger partial charge in [0.05, 0.1) is 31.9 Å². The first kappa shape index (κ1) is 32.0. The second kappa shape index (κ2) is 13.6. The van der Waals surface area contributed by atoms with Crippen LogP contribution < -0.4 is 14.8 Å². The molecule has 10 nitrogen and oxygen atoms in total. The Morgan fingerprint density at radius 2 is 1.63 bits per heavy atom. The van der Waals surface area contributed by atoms with Gasteiger partial charge in [0, 0.05) is 19.8 Å². The SMILES string of the molecule is C=C[C@H](Cc1ccc(OC)cc1)N(C(C)=O)C1(C(=O)NC(C)(C)COC(=O)Oc2ccccc2)CCC2(CC1)OCCO2. The molecular formula is C33H42N2O8. The van der Waals surface area contributed by atoms with Gasteiger partial charge in [-0.1, -0.05) is 36.4 Å². The summed E-state index contributed by atoms with van der Waals surface area (Å²) in [7, 11) is 1.60. The molecule has 4 rings (SSSR count). The van der Waals surface area contributed by atoms with Crippen molar-refractivity contribution < 1.29 is 38.1 Å². The Labute approximate surface area is 253 Å². The molecular weight excluding hydrogens is 552 g/mol. The van der Waals surface area contributed by atoms with Crippen LogP contribution in [0, 0.1) is 0 Å². The van der Waals surface area contributed by atoms with Crippen LogP contribution in [0.15, 0.2) is 67.3 Å². The third kappa shape index (κ3) is 7.74. The first-order valence-electron chi connectivity index (χ1n) is 14.6. The van der Waals surface area contributed by atoms with E-state index in [-0.39, 0.29) is 18.4 Å². The molecule has 43 heavy (non-hydrogen) atoms. The number of amides is 2. The van der Waals surface area contributed by atoms with Gasteiger partial charge in [-0.15, -0.1) is 6.58 Å². The lowest BCUT2D eigenvalue weighted by Gasteiger charge is -2.51. The maximum atomic E-state index is 14.4. The second-order valence-corrected chi connectivity index (χ2v) is 11.7. The van der Waals surface area contributed by atoms with Crippen molar-refractivity contribution in [2.24, 2.45) is 0 Å². The van der Waals surface area contributed by atoms with Gasteiger partial charge in [0.1, 0.15) is 23.6 Å². The van der Waals surface area contributed by atoms with Crippen molar-refractivity contribution in [1.82, 2.24) is 10.2 Å². The highest BCUT2D eigenvalue weighted by atomic mass is 16.7.